The van der Waals surface area contributed by atoms with Crippen LogP contribution in [0.15, 0.2) is 29.4 Å². The molecule has 0 fully saturated rings. The van der Waals surface area contributed by atoms with Gasteiger partial charge in [-0.15, -0.1) is 0 Å². The molecule has 2 heterocycles. The van der Waals surface area contributed by atoms with Crippen LogP contribution in [0.1, 0.15) is 5.82 Å². The zero-order valence-corrected chi connectivity index (χ0v) is 8.19. The Morgan fingerprint density at radius 1 is 1.43 bits per heavy atom. The number of fused-ring (bicyclic) bond motifs is 1. The summed E-state index contributed by atoms with van der Waals surface area (Å²) >= 11 is 0. The molecule has 2 aromatic rings. The molecule has 2 rings (SSSR count). The van der Waals surface area contributed by atoms with Crippen molar-refractivity contribution in [1.82, 2.24) is 9.38 Å². The van der Waals surface area contributed by atoms with E-state index in [0.717, 1.165) is 0 Å². The number of aryl methyl sites for hydroxylation is 1. The van der Waals surface area contributed by atoms with Gasteiger partial charge in [0.25, 0.3) is 0 Å². The van der Waals surface area contributed by atoms with Gasteiger partial charge in [-0.1, -0.05) is 6.07 Å². The molecular weight excluding hydrogens is 204 g/mol. The minimum absolute atomic E-state index is 0.296. The van der Waals surface area contributed by atoms with Crippen LogP contribution in [-0.4, -0.2) is 22.4 Å². The van der Waals surface area contributed by atoms with Crippen LogP contribution in [0.25, 0.3) is 5.52 Å². The number of aromatic nitrogens is 2. The smallest absolute Gasteiger partial charge is 0.303 e. The Balaban J connectivity index is 2.93. The average Bonchev–Trinajstić information content (AvgIpc) is 2.44. The van der Waals surface area contributed by atoms with E-state index in [2.05, 4.69) is 4.98 Å². The van der Waals surface area contributed by atoms with Crippen molar-refractivity contribution in [3.63, 3.8) is 0 Å². The molecule has 0 bridgehead atoms. The number of pyridine rings is 1. The number of imidazole rings is 1. The molecule has 0 spiro atoms. The molecule has 0 aliphatic rings. The van der Waals surface area contributed by atoms with Crippen molar-refractivity contribution in [2.24, 2.45) is 0 Å². The molecule has 0 amide bonds. The van der Waals surface area contributed by atoms with Crippen LogP contribution in [0.2, 0.25) is 0 Å². The van der Waals surface area contributed by atoms with Gasteiger partial charge >= 0.3 is 10.1 Å². The van der Waals surface area contributed by atoms with Gasteiger partial charge in [-0.25, -0.2) is 4.98 Å². The topological polar surface area (TPSA) is 71.7 Å². The van der Waals surface area contributed by atoms with Gasteiger partial charge < -0.3 is 4.40 Å². The van der Waals surface area contributed by atoms with E-state index in [-0.39, 0.29) is 5.03 Å². The van der Waals surface area contributed by atoms with E-state index in [1.807, 2.05) is 0 Å². The van der Waals surface area contributed by atoms with E-state index in [0.29, 0.717) is 11.3 Å². The van der Waals surface area contributed by atoms with E-state index in [1.54, 1.807) is 35.7 Å². The van der Waals surface area contributed by atoms with Crippen LogP contribution in [0, 0.1) is 6.92 Å². The lowest BCUT2D eigenvalue weighted by atomic mass is 10.4. The van der Waals surface area contributed by atoms with Crippen molar-refractivity contribution >= 4 is 15.6 Å². The van der Waals surface area contributed by atoms with Crippen LogP contribution in [-0.2, 0) is 10.1 Å². The summed E-state index contributed by atoms with van der Waals surface area (Å²) < 4.78 is 32.4. The first-order valence-electron chi connectivity index (χ1n) is 3.91. The van der Waals surface area contributed by atoms with Gasteiger partial charge in [-0.2, -0.15) is 8.42 Å². The fourth-order valence-corrected chi connectivity index (χ4v) is 2.03. The molecule has 0 atom stereocenters. The number of hydrogen-bond donors (Lipinski definition) is 1. The molecule has 14 heavy (non-hydrogen) atoms. The predicted molar refractivity (Wildman–Crippen MR) is 49.7 cm³/mol. The standard InChI is InChI=1S/C8H8N2O3S/c1-6-9-8(14(11,12)13)7-4-2-3-5-10(6)7/h2-5H,1H3,(H,11,12,13). The highest BCUT2D eigenvalue weighted by Gasteiger charge is 2.18. The van der Waals surface area contributed by atoms with Crippen molar-refractivity contribution in [2.75, 3.05) is 0 Å². The van der Waals surface area contributed by atoms with Crippen LogP contribution in [0.5, 0.6) is 0 Å². The second-order valence-electron chi connectivity index (χ2n) is 2.90. The summed E-state index contributed by atoms with van der Waals surface area (Å²) in [6.45, 7) is 1.67. The lowest BCUT2D eigenvalue weighted by Crippen LogP contribution is -1.98. The molecule has 74 valence electrons. The van der Waals surface area contributed by atoms with E-state index in [9.17, 15) is 8.42 Å². The minimum Gasteiger partial charge on any atom is -0.303 e. The third-order valence-corrected chi connectivity index (χ3v) is 2.72. The highest BCUT2D eigenvalue weighted by Crippen LogP contribution is 2.16. The van der Waals surface area contributed by atoms with Crippen molar-refractivity contribution in [1.29, 1.82) is 0 Å². The highest BCUT2D eigenvalue weighted by atomic mass is 32.2. The van der Waals surface area contributed by atoms with Gasteiger partial charge in [0.2, 0.25) is 5.03 Å². The summed E-state index contributed by atoms with van der Waals surface area (Å²) in [4.78, 5) is 3.79. The van der Waals surface area contributed by atoms with Gasteiger partial charge in [-0.05, 0) is 19.1 Å². The molecular formula is C8H8N2O3S. The Morgan fingerprint density at radius 2 is 2.14 bits per heavy atom. The van der Waals surface area contributed by atoms with Gasteiger partial charge in [-0.3, -0.25) is 4.55 Å². The van der Waals surface area contributed by atoms with Crippen LogP contribution in [0.3, 0.4) is 0 Å². The quantitative estimate of drug-likeness (QED) is 0.712. The summed E-state index contributed by atoms with van der Waals surface area (Å²) in [5, 5.41) is -0.296. The largest absolute Gasteiger partial charge is 0.314 e. The fourth-order valence-electron chi connectivity index (χ4n) is 1.35. The van der Waals surface area contributed by atoms with Crippen molar-refractivity contribution < 1.29 is 13.0 Å². The Morgan fingerprint density at radius 3 is 2.79 bits per heavy atom. The SMILES string of the molecule is Cc1nc(S(=O)(=O)O)c2ccccn12. The van der Waals surface area contributed by atoms with E-state index >= 15 is 0 Å². The van der Waals surface area contributed by atoms with Crippen molar-refractivity contribution in [3.8, 4) is 0 Å². The van der Waals surface area contributed by atoms with E-state index in [1.165, 1.54) is 0 Å². The monoisotopic (exact) mass is 212 g/mol. The lowest BCUT2D eigenvalue weighted by molar-refractivity contribution is 0.481. The Bertz CT molecular complexity index is 586. The molecule has 0 aliphatic carbocycles. The Kier molecular flexibility index (Phi) is 1.83. The van der Waals surface area contributed by atoms with E-state index < -0.39 is 10.1 Å². The average molecular weight is 212 g/mol. The summed E-state index contributed by atoms with van der Waals surface area (Å²) in [5.41, 5.74) is 0.382. The molecule has 1 N–H and O–H groups in total. The second kappa shape index (κ2) is 2.79. The van der Waals surface area contributed by atoms with Gasteiger partial charge in [0, 0.05) is 6.20 Å². The zero-order valence-electron chi connectivity index (χ0n) is 7.38. The minimum atomic E-state index is -4.24. The Labute approximate surface area is 80.8 Å². The first-order chi connectivity index (χ1) is 6.50. The van der Waals surface area contributed by atoms with Gasteiger partial charge in [0.05, 0.1) is 5.52 Å². The van der Waals surface area contributed by atoms with Crippen LogP contribution >= 0.6 is 0 Å². The normalized spacial score (nSPS) is 12.1. The van der Waals surface area contributed by atoms with Crippen molar-refractivity contribution in [2.45, 2.75) is 11.9 Å². The lowest BCUT2D eigenvalue weighted by Gasteiger charge is -1.94. The van der Waals surface area contributed by atoms with Gasteiger partial charge in [0.15, 0.2) is 0 Å². The molecule has 5 nitrogen and oxygen atoms in total. The number of rotatable bonds is 1. The number of nitrogens with zero attached hydrogens (tertiary/aromatic N) is 2. The molecule has 6 heteroatoms. The summed E-state index contributed by atoms with van der Waals surface area (Å²) in [5.74, 6) is 0.522. The fraction of sp³-hybridized carbons (Fsp3) is 0.125. The first-order valence-corrected chi connectivity index (χ1v) is 5.35. The number of hydrogen-bond acceptors (Lipinski definition) is 3. The molecule has 0 aromatic carbocycles. The third-order valence-electron chi connectivity index (χ3n) is 1.94. The van der Waals surface area contributed by atoms with Crippen LogP contribution < -0.4 is 0 Å². The van der Waals surface area contributed by atoms with Gasteiger partial charge in [0.1, 0.15) is 5.82 Å². The maximum Gasteiger partial charge on any atom is 0.314 e. The predicted octanol–water partition coefficient (Wildman–Crippen LogP) is 0.889. The molecule has 0 saturated carbocycles. The summed E-state index contributed by atoms with van der Waals surface area (Å²) in [7, 11) is -4.24. The maximum atomic E-state index is 10.9. The van der Waals surface area contributed by atoms with E-state index in [4.69, 9.17) is 4.55 Å². The summed E-state index contributed by atoms with van der Waals surface area (Å²) in [6, 6.07) is 5.03. The summed E-state index contributed by atoms with van der Waals surface area (Å²) in [6.07, 6.45) is 1.69. The molecule has 0 unspecified atom stereocenters. The second-order valence-corrected chi connectivity index (χ2v) is 4.23. The maximum absolute atomic E-state index is 10.9. The van der Waals surface area contributed by atoms with Crippen molar-refractivity contribution in [3.05, 3.63) is 30.2 Å². The molecule has 0 saturated heterocycles. The van der Waals surface area contributed by atoms with Crippen LogP contribution in [0.4, 0.5) is 0 Å². The molecule has 0 radical (unpaired) electrons. The first kappa shape index (κ1) is 9.17. The highest BCUT2D eigenvalue weighted by molar-refractivity contribution is 7.86. The third kappa shape index (κ3) is 1.28. The zero-order chi connectivity index (χ0) is 10.3. The Hall–Kier alpha value is -1.40. The molecule has 2 aromatic heterocycles. The molecule has 0 aliphatic heterocycles.